The lowest BCUT2D eigenvalue weighted by atomic mass is 10.1. The molecule has 0 saturated heterocycles. The van der Waals surface area contributed by atoms with E-state index in [2.05, 4.69) is 26.6 Å². The van der Waals surface area contributed by atoms with Gasteiger partial charge in [-0.3, -0.25) is 4.79 Å². The van der Waals surface area contributed by atoms with Gasteiger partial charge in [0.1, 0.15) is 0 Å². The van der Waals surface area contributed by atoms with E-state index in [1.165, 1.54) is 0 Å². The molecule has 2 aromatic rings. The molecule has 0 aliphatic heterocycles. The van der Waals surface area contributed by atoms with E-state index in [0.717, 1.165) is 15.6 Å². The van der Waals surface area contributed by atoms with Crippen LogP contribution in [-0.4, -0.2) is 12.5 Å². The summed E-state index contributed by atoms with van der Waals surface area (Å²) in [5.74, 6) is 0.00261. The van der Waals surface area contributed by atoms with Crippen LogP contribution in [0.2, 0.25) is 0 Å². The van der Waals surface area contributed by atoms with Crippen LogP contribution in [0.15, 0.2) is 59.1 Å². The SMILES string of the molecule is CC(NCC(=O)NCc1ccccc1)c1ccc(Br)cc1. The summed E-state index contributed by atoms with van der Waals surface area (Å²) in [6.45, 7) is 2.92. The maximum atomic E-state index is 11.8. The van der Waals surface area contributed by atoms with Crippen LogP contribution in [0, 0.1) is 0 Å². The lowest BCUT2D eigenvalue weighted by Crippen LogP contribution is -2.34. The molecule has 3 nitrogen and oxygen atoms in total. The van der Waals surface area contributed by atoms with E-state index in [1.807, 2.05) is 61.5 Å². The van der Waals surface area contributed by atoms with E-state index >= 15 is 0 Å². The van der Waals surface area contributed by atoms with Crippen molar-refractivity contribution in [2.45, 2.75) is 19.5 Å². The highest BCUT2D eigenvalue weighted by atomic mass is 79.9. The third-order valence-electron chi connectivity index (χ3n) is 3.27. The Morgan fingerprint density at radius 3 is 2.43 bits per heavy atom. The average molecular weight is 347 g/mol. The number of amides is 1. The van der Waals surface area contributed by atoms with Crippen molar-refractivity contribution in [3.8, 4) is 0 Å². The Kier molecular flexibility index (Phi) is 5.96. The van der Waals surface area contributed by atoms with Crippen molar-refractivity contribution >= 4 is 21.8 Å². The Morgan fingerprint density at radius 1 is 1.10 bits per heavy atom. The number of nitrogens with one attached hydrogen (secondary N) is 2. The van der Waals surface area contributed by atoms with Gasteiger partial charge in [0, 0.05) is 17.1 Å². The van der Waals surface area contributed by atoms with Gasteiger partial charge in [-0.25, -0.2) is 0 Å². The molecule has 0 radical (unpaired) electrons. The van der Waals surface area contributed by atoms with Crippen LogP contribution in [0.1, 0.15) is 24.1 Å². The number of carbonyl (C=O) groups is 1. The van der Waals surface area contributed by atoms with Crippen LogP contribution in [0.25, 0.3) is 0 Å². The number of hydrogen-bond donors (Lipinski definition) is 2. The molecule has 1 unspecified atom stereocenters. The highest BCUT2D eigenvalue weighted by Crippen LogP contribution is 2.16. The Morgan fingerprint density at radius 2 is 1.76 bits per heavy atom. The minimum absolute atomic E-state index is 0.00261. The number of rotatable bonds is 6. The maximum Gasteiger partial charge on any atom is 0.234 e. The second-order valence-corrected chi connectivity index (χ2v) is 5.83. The molecular weight excluding hydrogens is 328 g/mol. The molecule has 2 aromatic carbocycles. The Bertz CT molecular complexity index is 569. The highest BCUT2D eigenvalue weighted by Gasteiger charge is 2.07. The van der Waals surface area contributed by atoms with Crippen molar-refractivity contribution in [2.24, 2.45) is 0 Å². The largest absolute Gasteiger partial charge is 0.351 e. The van der Waals surface area contributed by atoms with Gasteiger partial charge in [-0.2, -0.15) is 0 Å². The summed E-state index contributed by atoms with van der Waals surface area (Å²) in [4.78, 5) is 11.8. The van der Waals surface area contributed by atoms with Gasteiger partial charge < -0.3 is 10.6 Å². The molecule has 1 atom stereocenters. The third kappa shape index (κ3) is 5.33. The molecule has 21 heavy (non-hydrogen) atoms. The Labute approximate surface area is 133 Å². The van der Waals surface area contributed by atoms with Crippen molar-refractivity contribution in [3.63, 3.8) is 0 Å². The van der Waals surface area contributed by atoms with E-state index in [0.29, 0.717) is 13.1 Å². The van der Waals surface area contributed by atoms with Crippen molar-refractivity contribution in [1.29, 1.82) is 0 Å². The predicted octanol–water partition coefficient (Wildman–Crippen LogP) is 3.42. The van der Waals surface area contributed by atoms with E-state index in [4.69, 9.17) is 0 Å². The summed E-state index contributed by atoms with van der Waals surface area (Å²) < 4.78 is 1.05. The molecule has 0 spiro atoms. The summed E-state index contributed by atoms with van der Waals surface area (Å²) in [6.07, 6.45) is 0. The standard InChI is InChI=1S/C17H19BrN2O/c1-13(15-7-9-16(18)10-8-15)19-12-17(21)20-11-14-5-3-2-4-6-14/h2-10,13,19H,11-12H2,1H3,(H,20,21). The van der Waals surface area contributed by atoms with E-state index in [-0.39, 0.29) is 11.9 Å². The first kappa shape index (κ1) is 15.7. The molecule has 2 N–H and O–H groups in total. The summed E-state index contributed by atoms with van der Waals surface area (Å²) >= 11 is 3.41. The fourth-order valence-corrected chi connectivity index (χ4v) is 2.24. The zero-order chi connectivity index (χ0) is 15.1. The van der Waals surface area contributed by atoms with Crippen molar-refractivity contribution in [3.05, 3.63) is 70.2 Å². The zero-order valence-corrected chi connectivity index (χ0v) is 13.6. The summed E-state index contributed by atoms with van der Waals surface area (Å²) in [7, 11) is 0. The van der Waals surface area contributed by atoms with E-state index < -0.39 is 0 Å². The molecular formula is C17H19BrN2O. The van der Waals surface area contributed by atoms with Gasteiger partial charge in [-0.05, 0) is 30.2 Å². The molecule has 0 fully saturated rings. The number of halogens is 1. The van der Waals surface area contributed by atoms with Gasteiger partial charge in [0.15, 0.2) is 0 Å². The predicted molar refractivity (Wildman–Crippen MR) is 88.8 cm³/mol. The van der Waals surface area contributed by atoms with Crippen LogP contribution in [0.5, 0.6) is 0 Å². The average Bonchev–Trinajstić information content (AvgIpc) is 2.52. The third-order valence-corrected chi connectivity index (χ3v) is 3.80. The molecule has 110 valence electrons. The van der Waals surface area contributed by atoms with E-state index in [1.54, 1.807) is 0 Å². The van der Waals surface area contributed by atoms with Gasteiger partial charge in [-0.1, -0.05) is 58.4 Å². The molecule has 4 heteroatoms. The summed E-state index contributed by atoms with van der Waals surface area (Å²) in [6, 6.07) is 18.1. The van der Waals surface area contributed by atoms with Crippen LogP contribution >= 0.6 is 15.9 Å². The van der Waals surface area contributed by atoms with Crippen LogP contribution < -0.4 is 10.6 Å². The van der Waals surface area contributed by atoms with Crippen LogP contribution in [0.4, 0.5) is 0 Å². The zero-order valence-electron chi connectivity index (χ0n) is 12.0. The van der Waals surface area contributed by atoms with Gasteiger partial charge in [0.2, 0.25) is 5.91 Å². The van der Waals surface area contributed by atoms with Gasteiger partial charge in [0.05, 0.1) is 6.54 Å². The van der Waals surface area contributed by atoms with Crippen LogP contribution in [-0.2, 0) is 11.3 Å². The fraction of sp³-hybridized carbons (Fsp3) is 0.235. The first-order valence-electron chi connectivity index (χ1n) is 6.94. The first-order valence-corrected chi connectivity index (χ1v) is 7.74. The summed E-state index contributed by atoms with van der Waals surface area (Å²) in [5, 5.41) is 6.13. The number of carbonyl (C=O) groups excluding carboxylic acids is 1. The maximum absolute atomic E-state index is 11.8. The normalized spacial score (nSPS) is 11.9. The monoisotopic (exact) mass is 346 g/mol. The molecule has 0 aromatic heterocycles. The second kappa shape index (κ2) is 7.96. The Hall–Kier alpha value is -1.65. The lowest BCUT2D eigenvalue weighted by Gasteiger charge is -2.14. The van der Waals surface area contributed by atoms with Gasteiger partial charge in [-0.15, -0.1) is 0 Å². The minimum atomic E-state index is 0.00261. The second-order valence-electron chi connectivity index (χ2n) is 4.92. The van der Waals surface area contributed by atoms with Crippen molar-refractivity contribution < 1.29 is 4.79 Å². The van der Waals surface area contributed by atoms with Crippen LogP contribution in [0.3, 0.4) is 0 Å². The molecule has 0 heterocycles. The number of hydrogen-bond acceptors (Lipinski definition) is 2. The summed E-state index contributed by atoms with van der Waals surface area (Å²) in [5.41, 5.74) is 2.26. The van der Waals surface area contributed by atoms with Gasteiger partial charge in [0.25, 0.3) is 0 Å². The molecule has 0 bridgehead atoms. The quantitative estimate of drug-likeness (QED) is 0.841. The topological polar surface area (TPSA) is 41.1 Å². The molecule has 1 amide bonds. The molecule has 2 rings (SSSR count). The lowest BCUT2D eigenvalue weighted by molar-refractivity contribution is -0.120. The van der Waals surface area contributed by atoms with E-state index in [9.17, 15) is 4.79 Å². The smallest absolute Gasteiger partial charge is 0.234 e. The van der Waals surface area contributed by atoms with Gasteiger partial charge >= 0.3 is 0 Å². The molecule has 0 aliphatic carbocycles. The fourth-order valence-electron chi connectivity index (χ4n) is 1.97. The van der Waals surface area contributed by atoms with Crippen molar-refractivity contribution in [1.82, 2.24) is 10.6 Å². The Balaban J connectivity index is 1.74. The van der Waals surface area contributed by atoms with Crippen molar-refractivity contribution in [2.75, 3.05) is 6.54 Å². The minimum Gasteiger partial charge on any atom is -0.351 e. The highest BCUT2D eigenvalue weighted by molar-refractivity contribution is 9.10. The number of benzene rings is 2. The molecule has 0 saturated carbocycles. The molecule has 0 aliphatic rings. The first-order chi connectivity index (χ1) is 10.1.